The fourth-order valence-electron chi connectivity index (χ4n) is 0.325. The van der Waals surface area contributed by atoms with Gasteiger partial charge in [0.25, 0.3) is 0 Å². The molecule has 0 aliphatic heterocycles. The van der Waals surface area contributed by atoms with Crippen LogP contribution in [0.5, 0.6) is 0 Å². The molecule has 0 heterocycles. The smallest absolute Gasteiger partial charge is 0.0659 e. The molecule has 0 bridgehead atoms. The van der Waals surface area contributed by atoms with Crippen molar-refractivity contribution in [1.82, 2.24) is 0 Å². The summed E-state index contributed by atoms with van der Waals surface area (Å²) in [7, 11) is 0. The molecular formula is C5H11BrO. The minimum absolute atomic E-state index is 0.181. The summed E-state index contributed by atoms with van der Waals surface area (Å²) in [6.07, 6.45) is 0.645. The van der Waals surface area contributed by atoms with E-state index in [4.69, 9.17) is 5.11 Å². The molecule has 0 unspecified atom stereocenters. The molecule has 0 spiro atoms. The summed E-state index contributed by atoms with van der Waals surface area (Å²) < 4.78 is 0. The molecule has 0 saturated carbocycles. The van der Waals surface area contributed by atoms with Gasteiger partial charge in [0.2, 0.25) is 0 Å². The van der Waals surface area contributed by atoms with Crippen molar-refractivity contribution < 1.29 is 5.11 Å². The lowest BCUT2D eigenvalue weighted by atomic mass is 10.2. The van der Waals surface area contributed by atoms with Crippen molar-refractivity contribution in [2.45, 2.75) is 31.2 Å². The second-order valence-electron chi connectivity index (χ2n) is 1.65. The van der Waals surface area contributed by atoms with Crippen molar-refractivity contribution in [3.63, 3.8) is 0 Å². The van der Waals surface area contributed by atoms with E-state index < -0.39 is 0 Å². The first-order valence-electron chi connectivity index (χ1n) is 2.50. The third kappa shape index (κ3) is 3.06. The summed E-state index contributed by atoms with van der Waals surface area (Å²) in [5, 5.41) is 8.89. The minimum atomic E-state index is -0.181. The van der Waals surface area contributed by atoms with E-state index in [1.54, 1.807) is 0 Å². The summed E-state index contributed by atoms with van der Waals surface area (Å²) >= 11 is 3.25. The monoisotopic (exact) mass is 166 g/mol. The number of halogens is 1. The van der Waals surface area contributed by atoms with Crippen LogP contribution in [0.25, 0.3) is 0 Å². The topological polar surface area (TPSA) is 20.2 Å². The van der Waals surface area contributed by atoms with Crippen LogP contribution < -0.4 is 0 Å². The number of hydrogen-bond acceptors (Lipinski definition) is 1. The first-order valence-corrected chi connectivity index (χ1v) is 3.42. The van der Waals surface area contributed by atoms with Gasteiger partial charge in [0.15, 0.2) is 0 Å². The molecular weight excluding hydrogens is 156 g/mol. The van der Waals surface area contributed by atoms with Gasteiger partial charge in [-0.1, -0.05) is 29.8 Å². The van der Waals surface area contributed by atoms with Gasteiger partial charge >= 0.3 is 0 Å². The normalized spacial score (nSPS) is 18.9. The molecule has 0 aliphatic carbocycles. The Balaban J connectivity index is 3.14. The standard InChI is InChI=1S/C5H11BrO/c1-3-5(7)4(2)6/h4-5,7H,3H2,1-2H3/t4-,5-/m1/s1. The van der Waals surface area contributed by atoms with Gasteiger partial charge in [0.1, 0.15) is 0 Å². The van der Waals surface area contributed by atoms with Gasteiger partial charge in [-0.15, -0.1) is 0 Å². The quantitative estimate of drug-likeness (QED) is 0.618. The molecule has 0 aromatic carbocycles. The molecule has 0 rings (SSSR count). The fraction of sp³-hybridized carbons (Fsp3) is 1.00. The van der Waals surface area contributed by atoms with Gasteiger partial charge in [0.05, 0.1) is 6.10 Å². The highest BCUT2D eigenvalue weighted by Crippen LogP contribution is 2.05. The third-order valence-electron chi connectivity index (χ3n) is 0.948. The Morgan fingerprint density at radius 1 is 1.71 bits per heavy atom. The van der Waals surface area contributed by atoms with Gasteiger partial charge in [-0.2, -0.15) is 0 Å². The predicted molar refractivity (Wildman–Crippen MR) is 34.7 cm³/mol. The predicted octanol–water partition coefficient (Wildman–Crippen LogP) is 1.54. The lowest BCUT2D eigenvalue weighted by Gasteiger charge is -2.07. The molecule has 2 heteroatoms. The van der Waals surface area contributed by atoms with E-state index >= 15 is 0 Å². The number of hydrogen-bond donors (Lipinski definition) is 1. The van der Waals surface area contributed by atoms with E-state index in [2.05, 4.69) is 15.9 Å². The average molecular weight is 167 g/mol. The fourth-order valence-corrected chi connectivity index (χ4v) is 0.699. The van der Waals surface area contributed by atoms with Crippen molar-refractivity contribution in [1.29, 1.82) is 0 Å². The van der Waals surface area contributed by atoms with Crippen LogP contribution >= 0.6 is 15.9 Å². The van der Waals surface area contributed by atoms with E-state index in [-0.39, 0.29) is 10.9 Å². The highest BCUT2D eigenvalue weighted by Gasteiger charge is 2.05. The highest BCUT2D eigenvalue weighted by atomic mass is 79.9. The molecule has 0 radical (unpaired) electrons. The molecule has 0 amide bonds. The summed E-state index contributed by atoms with van der Waals surface area (Å²) in [5.41, 5.74) is 0. The highest BCUT2D eigenvalue weighted by molar-refractivity contribution is 9.09. The van der Waals surface area contributed by atoms with E-state index in [0.29, 0.717) is 0 Å². The molecule has 1 nitrogen and oxygen atoms in total. The number of aliphatic hydroxyl groups is 1. The second kappa shape index (κ2) is 3.44. The largest absolute Gasteiger partial charge is 0.392 e. The zero-order valence-corrected chi connectivity index (χ0v) is 6.27. The van der Waals surface area contributed by atoms with Crippen LogP contribution in [0.15, 0.2) is 0 Å². The minimum Gasteiger partial charge on any atom is -0.392 e. The van der Waals surface area contributed by atoms with E-state index in [1.165, 1.54) is 0 Å². The van der Waals surface area contributed by atoms with Crippen LogP contribution in [0.3, 0.4) is 0 Å². The lowest BCUT2D eigenvalue weighted by molar-refractivity contribution is 0.173. The van der Waals surface area contributed by atoms with Crippen molar-refractivity contribution >= 4 is 15.9 Å². The molecule has 2 atom stereocenters. The maximum Gasteiger partial charge on any atom is 0.0659 e. The number of aliphatic hydroxyl groups excluding tert-OH is 1. The maximum absolute atomic E-state index is 8.89. The Morgan fingerprint density at radius 3 is 2.14 bits per heavy atom. The number of rotatable bonds is 2. The Hall–Kier alpha value is 0.440. The maximum atomic E-state index is 8.89. The van der Waals surface area contributed by atoms with Gasteiger partial charge in [-0.25, -0.2) is 0 Å². The Labute approximate surface area is 52.9 Å². The first-order chi connectivity index (χ1) is 3.18. The van der Waals surface area contributed by atoms with Crippen molar-refractivity contribution in [3.05, 3.63) is 0 Å². The summed E-state index contributed by atoms with van der Waals surface area (Å²) in [4.78, 5) is 0.234. The molecule has 0 saturated heterocycles. The molecule has 0 aromatic rings. The zero-order valence-electron chi connectivity index (χ0n) is 4.69. The Bertz CT molecular complexity index is 45.3. The van der Waals surface area contributed by atoms with Crippen LogP contribution in [0.4, 0.5) is 0 Å². The second-order valence-corrected chi connectivity index (χ2v) is 3.10. The van der Waals surface area contributed by atoms with Gasteiger partial charge in [0, 0.05) is 4.83 Å². The van der Waals surface area contributed by atoms with Crippen LogP contribution in [-0.4, -0.2) is 16.0 Å². The van der Waals surface area contributed by atoms with Crippen molar-refractivity contribution in [2.24, 2.45) is 0 Å². The molecule has 1 N–H and O–H groups in total. The summed E-state index contributed by atoms with van der Waals surface area (Å²) in [6, 6.07) is 0. The van der Waals surface area contributed by atoms with Crippen molar-refractivity contribution in [2.75, 3.05) is 0 Å². The molecule has 0 aromatic heterocycles. The Kier molecular flexibility index (Phi) is 3.66. The first kappa shape index (κ1) is 7.44. The third-order valence-corrected chi connectivity index (χ3v) is 1.56. The van der Waals surface area contributed by atoms with Gasteiger partial charge in [-0.05, 0) is 6.42 Å². The van der Waals surface area contributed by atoms with Crippen molar-refractivity contribution in [3.8, 4) is 0 Å². The Morgan fingerprint density at radius 2 is 2.14 bits per heavy atom. The van der Waals surface area contributed by atoms with Gasteiger partial charge < -0.3 is 5.11 Å². The van der Waals surface area contributed by atoms with Crippen LogP contribution in [0.1, 0.15) is 20.3 Å². The average Bonchev–Trinajstić information content (AvgIpc) is 1.65. The van der Waals surface area contributed by atoms with Crippen LogP contribution in [0.2, 0.25) is 0 Å². The summed E-state index contributed by atoms with van der Waals surface area (Å²) in [5.74, 6) is 0. The SMILES string of the molecule is CC[C@@H](O)[C@@H](C)Br. The van der Waals surface area contributed by atoms with E-state index in [0.717, 1.165) is 6.42 Å². The van der Waals surface area contributed by atoms with Crippen LogP contribution in [-0.2, 0) is 0 Å². The van der Waals surface area contributed by atoms with E-state index in [1.807, 2.05) is 13.8 Å². The summed E-state index contributed by atoms with van der Waals surface area (Å²) in [6.45, 7) is 3.90. The van der Waals surface area contributed by atoms with Gasteiger partial charge in [-0.3, -0.25) is 0 Å². The van der Waals surface area contributed by atoms with E-state index in [9.17, 15) is 0 Å². The molecule has 44 valence electrons. The molecule has 0 fully saturated rings. The number of alkyl halides is 1. The molecule has 0 aliphatic rings. The lowest BCUT2D eigenvalue weighted by Crippen LogP contribution is -2.14. The zero-order chi connectivity index (χ0) is 5.86. The molecule has 7 heavy (non-hydrogen) atoms. The van der Waals surface area contributed by atoms with Crippen LogP contribution in [0, 0.1) is 0 Å².